The molecule has 5 heteroatoms. The van der Waals surface area contributed by atoms with Gasteiger partial charge in [-0.05, 0) is 36.2 Å². The lowest BCUT2D eigenvalue weighted by atomic mass is 10.1. The zero-order valence-corrected chi connectivity index (χ0v) is 15.1. The zero-order chi connectivity index (χ0) is 16.5. The Kier molecular flexibility index (Phi) is 4.21. The molecule has 3 aromatic rings. The van der Waals surface area contributed by atoms with E-state index in [1.807, 2.05) is 18.3 Å². The summed E-state index contributed by atoms with van der Waals surface area (Å²) >= 11 is 3.68. The third-order valence-corrected chi connectivity index (χ3v) is 5.10. The molecule has 0 saturated carbocycles. The van der Waals surface area contributed by atoms with Crippen molar-refractivity contribution in [2.75, 3.05) is 6.54 Å². The second-order valence-electron chi connectivity index (χ2n) is 6.20. The molecule has 4 nitrogen and oxygen atoms in total. The highest BCUT2D eigenvalue weighted by molar-refractivity contribution is 9.10. The summed E-state index contributed by atoms with van der Waals surface area (Å²) in [4.78, 5) is 11.6. The Hall–Kier alpha value is -1.98. The van der Waals surface area contributed by atoms with Gasteiger partial charge in [-0.15, -0.1) is 0 Å². The number of furan rings is 1. The lowest BCUT2D eigenvalue weighted by Gasteiger charge is -2.28. The van der Waals surface area contributed by atoms with Gasteiger partial charge in [-0.1, -0.05) is 28.1 Å². The molecule has 0 saturated heterocycles. The summed E-state index contributed by atoms with van der Waals surface area (Å²) in [6.07, 6.45) is 4.53. The highest BCUT2D eigenvalue weighted by Gasteiger charge is 2.20. The summed E-state index contributed by atoms with van der Waals surface area (Å²) in [5, 5.41) is 0. The SMILES string of the molecule is Cc1ccc(CN2CCc3nc(-c4ccco4)ncc3C2)c(Br)c1. The van der Waals surface area contributed by atoms with Crippen LogP contribution >= 0.6 is 15.9 Å². The van der Waals surface area contributed by atoms with Crippen LogP contribution in [0.2, 0.25) is 0 Å². The number of halogens is 1. The minimum Gasteiger partial charge on any atom is -0.461 e. The molecule has 2 aromatic heterocycles. The fourth-order valence-corrected chi connectivity index (χ4v) is 3.67. The van der Waals surface area contributed by atoms with Crippen LogP contribution in [0.15, 0.2) is 51.7 Å². The van der Waals surface area contributed by atoms with Crippen molar-refractivity contribution in [3.05, 3.63) is 69.6 Å². The Morgan fingerprint density at radius 1 is 1.29 bits per heavy atom. The predicted octanol–water partition coefficient (Wildman–Crippen LogP) is 4.37. The monoisotopic (exact) mass is 383 g/mol. The molecular weight excluding hydrogens is 366 g/mol. The van der Waals surface area contributed by atoms with Crippen LogP contribution in [0, 0.1) is 6.92 Å². The van der Waals surface area contributed by atoms with Crippen molar-refractivity contribution >= 4 is 15.9 Å². The number of aromatic nitrogens is 2. The van der Waals surface area contributed by atoms with E-state index in [9.17, 15) is 0 Å². The van der Waals surface area contributed by atoms with Gasteiger partial charge >= 0.3 is 0 Å². The van der Waals surface area contributed by atoms with Crippen LogP contribution < -0.4 is 0 Å². The summed E-state index contributed by atoms with van der Waals surface area (Å²) < 4.78 is 6.57. The van der Waals surface area contributed by atoms with Crippen LogP contribution in [0.3, 0.4) is 0 Å². The minimum atomic E-state index is 0.675. The van der Waals surface area contributed by atoms with Crippen molar-refractivity contribution in [2.24, 2.45) is 0 Å². The lowest BCUT2D eigenvalue weighted by molar-refractivity contribution is 0.242. The number of hydrogen-bond donors (Lipinski definition) is 0. The molecule has 4 rings (SSSR count). The standard InChI is InChI=1S/C19H18BrN3O/c1-13-4-5-14(16(20)9-13)11-23-7-6-17-15(12-23)10-21-19(22-17)18-3-2-8-24-18/h2-5,8-10H,6-7,11-12H2,1H3. The van der Waals surface area contributed by atoms with Crippen LogP contribution in [-0.2, 0) is 19.5 Å². The Morgan fingerprint density at radius 2 is 2.21 bits per heavy atom. The topological polar surface area (TPSA) is 42.2 Å². The number of fused-ring (bicyclic) bond motifs is 1. The van der Waals surface area contributed by atoms with Gasteiger partial charge in [0.25, 0.3) is 0 Å². The van der Waals surface area contributed by atoms with E-state index in [1.165, 1.54) is 21.2 Å². The first-order valence-electron chi connectivity index (χ1n) is 8.05. The molecule has 0 unspecified atom stereocenters. The van der Waals surface area contributed by atoms with Gasteiger partial charge in [0.15, 0.2) is 11.6 Å². The fraction of sp³-hybridized carbons (Fsp3) is 0.263. The molecule has 0 aliphatic carbocycles. The van der Waals surface area contributed by atoms with E-state index < -0.39 is 0 Å². The molecule has 1 aliphatic heterocycles. The number of nitrogens with zero attached hydrogens (tertiary/aromatic N) is 3. The molecule has 24 heavy (non-hydrogen) atoms. The van der Waals surface area contributed by atoms with E-state index >= 15 is 0 Å². The molecule has 0 fully saturated rings. The van der Waals surface area contributed by atoms with Gasteiger partial charge in [0.05, 0.1) is 12.0 Å². The Balaban J connectivity index is 1.52. The average Bonchev–Trinajstić information content (AvgIpc) is 3.11. The Morgan fingerprint density at radius 3 is 3.00 bits per heavy atom. The molecule has 0 bridgehead atoms. The number of rotatable bonds is 3. The smallest absolute Gasteiger partial charge is 0.195 e. The van der Waals surface area contributed by atoms with Crippen LogP contribution in [0.1, 0.15) is 22.4 Å². The molecule has 0 atom stereocenters. The molecule has 0 spiro atoms. The summed E-state index contributed by atoms with van der Waals surface area (Å²) in [6.45, 7) is 4.93. The molecule has 1 aliphatic rings. The van der Waals surface area contributed by atoms with E-state index in [-0.39, 0.29) is 0 Å². The maximum atomic E-state index is 5.39. The number of hydrogen-bond acceptors (Lipinski definition) is 4. The quantitative estimate of drug-likeness (QED) is 0.673. The second-order valence-corrected chi connectivity index (χ2v) is 7.05. The van der Waals surface area contributed by atoms with Crippen LogP contribution in [0.25, 0.3) is 11.6 Å². The third kappa shape index (κ3) is 3.14. The fourth-order valence-electron chi connectivity index (χ4n) is 3.06. The lowest BCUT2D eigenvalue weighted by Crippen LogP contribution is -2.31. The summed E-state index contributed by atoms with van der Waals surface area (Å²) in [5.41, 5.74) is 4.93. The van der Waals surface area contributed by atoms with Gasteiger partial charge < -0.3 is 4.42 Å². The van der Waals surface area contributed by atoms with Gasteiger partial charge in [-0.2, -0.15) is 0 Å². The van der Waals surface area contributed by atoms with Gasteiger partial charge in [0.2, 0.25) is 0 Å². The predicted molar refractivity (Wildman–Crippen MR) is 96.4 cm³/mol. The zero-order valence-electron chi connectivity index (χ0n) is 13.5. The van der Waals surface area contributed by atoms with Crippen LogP contribution in [-0.4, -0.2) is 21.4 Å². The molecule has 0 amide bonds. The van der Waals surface area contributed by atoms with E-state index in [0.29, 0.717) is 5.82 Å². The van der Waals surface area contributed by atoms with Crippen molar-refractivity contribution in [2.45, 2.75) is 26.4 Å². The first kappa shape index (κ1) is 15.5. The van der Waals surface area contributed by atoms with Crippen LogP contribution in [0.4, 0.5) is 0 Å². The van der Waals surface area contributed by atoms with E-state index in [4.69, 9.17) is 4.42 Å². The Bertz CT molecular complexity index is 861. The largest absolute Gasteiger partial charge is 0.461 e. The van der Waals surface area contributed by atoms with E-state index in [1.54, 1.807) is 6.26 Å². The molecule has 0 radical (unpaired) electrons. The van der Waals surface area contributed by atoms with Crippen molar-refractivity contribution in [3.63, 3.8) is 0 Å². The molecule has 0 N–H and O–H groups in total. The van der Waals surface area contributed by atoms with Gasteiger partial charge in [-0.3, -0.25) is 4.90 Å². The van der Waals surface area contributed by atoms with Crippen molar-refractivity contribution < 1.29 is 4.42 Å². The number of benzene rings is 1. The van der Waals surface area contributed by atoms with Crippen molar-refractivity contribution in [3.8, 4) is 11.6 Å². The molecule has 1 aromatic carbocycles. The van der Waals surface area contributed by atoms with Gasteiger partial charge in [0.1, 0.15) is 0 Å². The van der Waals surface area contributed by atoms with Gasteiger partial charge in [-0.25, -0.2) is 9.97 Å². The summed E-state index contributed by atoms with van der Waals surface area (Å²) in [5.74, 6) is 1.40. The molecule has 3 heterocycles. The molecular formula is C19H18BrN3O. The normalized spacial score (nSPS) is 14.6. The number of aryl methyl sites for hydroxylation is 1. The van der Waals surface area contributed by atoms with Crippen molar-refractivity contribution in [1.29, 1.82) is 0 Å². The second kappa shape index (κ2) is 6.49. The Labute approximate surface area is 149 Å². The highest BCUT2D eigenvalue weighted by Crippen LogP contribution is 2.25. The third-order valence-electron chi connectivity index (χ3n) is 4.36. The summed E-state index contributed by atoms with van der Waals surface area (Å²) in [7, 11) is 0. The van der Waals surface area contributed by atoms with E-state index in [0.717, 1.165) is 37.5 Å². The maximum Gasteiger partial charge on any atom is 0.195 e. The highest BCUT2D eigenvalue weighted by atomic mass is 79.9. The maximum absolute atomic E-state index is 5.39. The first-order chi connectivity index (χ1) is 11.7. The minimum absolute atomic E-state index is 0.675. The molecule has 122 valence electrons. The van der Waals surface area contributed by atoms with Gasteiger partial charge in [0, 0.05) is 42.3 Å². The van der Waals surface area contributed by atoms with E-state index in [2.05, 4.69) is 55.9 Å². The first-order valence-corrected chi connectivity index (χ1v) is 8.84. The summed E-state index contributed by atoms with van der Waals surface area (Å²) in [6, 6.07) is 10.3. The van der Waals surface area contributed by atoms with Crippen molar-refractivity contribution in [1.82, 2.24) is 14.9 Å². The average molecular weight is 384 g/mol. The van der Waals surface area contributed by atoms with Crippen LogP contribution in [0.5, 0.6) is 0 Å².